The van der Waals surface area contributed by atoms with Crippen LogP contribution in [0.25, 0.3) is 0 Å². The van der Waals surface area contributed by atoms with Crippen LogP contribution in [0.4, 0.5) is 0 Å². The van der Waals surface area contributed by atoms with Crippen LogP contribution in [0, 0.1) is 6.92 Å². The Morgan fingerprint density at radius 2 is 2.23 bits per heavy atom. The van der Waals surface area contributed by atoms with E-state index in [1.807, 2.05) is 40.9 Å². The number of thiophene rings is 1. The molecule has 1 aliphatic heterocycles. The van der Waals surface area contributed by atoms with Crippen LogP contribution in [0.15, 0.2) is 35.7 Å². The molecule has 0 radical (unpaired) electrons. The minimum atomic E-state index is 0.132. The van der Waals surface area contributed by atoms with E-state index in [9.17, 15) is 4.79 Å². The molecule has 1 unspecified atom stereocenters. The van der Waals surface area contributed by atoms with Crippen LogP contribution in [-0.4, -0.2) is 23.7 Å². The van der Waals surface area contributed by atoms with Gasteiger partial charge in [-0.3, -0.25) is 4.79 Å². The van der Waals surface area contributed by atoms with Gasteiger partial charge in [-0.15, -0.1) is 23.1 Å². The number of methoxy groups -OCH3 is 1. The van der Waals surface area contributed by atoms with Crippen LogP contribution in [0.3, 0.4) is 0 Å². The minimum absolute atomic E-state index is 0.132. The zero-order valence-electron chi connectivity index (χ0n) is 12.7. The molecule has 3 rings (SSSR count). The maximum atomic E-state index is 12.5. The number of ether oxygens (including phenoxy) is 1. The van der Waals surface area contributed by atoms with Gasteiger partial charge >= 0.3 is 0 Å². The van der Waals surface area contributed by atoms with Crippen LogP contribution >= 0.6 is 23.1 Å². The third kappa shape index (κ3) is 3.15. The number of aryl methyl sites for hydroxylation is 1. The molecule has 1 fully saturated rings. The van der Waals surface area contributed by atoms with Crippen molar-refractivity contribution >= 4 is 29.0 Å². The van der Waals surface area contributed by atoms with Crippen LogP contribution < -0.4 is 4.74 Å². The summed E-state index contributed by atoms with van der Waals surface area (Å²) in [6, 6.07) is 10.1. The monoisotopic (exact) mass is 333 g/mol. The molecule has 2 aromatic rings. The highest BCUT2D eigenvalue weighted by Crippen LogP contribution is 2.41. The van der Waals surface area contributed by atoms with E-state index in [0.29, 0.717) is 13.0 Å². The Bertz CT molecular complexity index is 668. The van der Waals surface area contributed by atoms with Crippen molar-refractivity contribution in [2.24, 2.45) is 0 Å². The predicted molar refractivity (Wildman–Crippen MR) is 92.4 cm³/mol. The maximum Gasteiger partial charge on any atom is 0.224 e. The van der Waals surface area contributed by atoms with E-state index in [2.05, 4.69) is 18.4 Å². The van der Waals surface area contributed by atoms with E-state index in [1.54, 1.807) is 18.4 Å². The first-order chi connectivity index (χ1) is 10.7. The molecule has 0 bridgehead atoms. The fourth-order valence-electron chi connectivity index (χ4n) is 2.62. The van der Waals surface area contributed by atoms with Crippen LogP contribution in [0.5, 0.6) is 5.75 Å². The normalized spacial score (nSPS) is 18.5. The van der Waals surface area contributed by atoms with Gasteiger partial charge in [0, 0.05) is 23.6 Å². The highest BCUT2D eigenvalue weighted by molar-refractivity contribution is 7.99. The summed E-state index contributed by atoms with van der Waals surface area (Å²) in [5.41, 5.74) is 2.38. The Morgan fingerprint density at radius 3 is 2.95 bits per heavy atom. The smallest absolute Gasteiger partial charge is 0.224 e. The van der Waals surface area contributed by atoms with Crippen molar-refractivity contribution in [3.63, 3.8) is 0 Å². The van der Waals surface area contributed by atoms with Crippen molar-refractivity contribution in [2.75, 3.05) is 12.9 Å². The summed E-state index contributed by atoms with van der Waals surface area (Å²) in [7, 11) is 1.67. The molecule has 2 heterocycles. The van der Waals surface area contributed by atoms with Gasteiger partial charge in [0.2, 0.25) is 5.91 Å². The quantitative estimate of drug-likeness (QED) is 0.838. The second-order valence-electron chi connectivity index (χ2n) is 5.31. The van der Waals surface area contributed by atoms with Crippen LogP contribution in [0.2, 0.25) is 0 Å². The number of rotatable bonds is 4. The maximum absolute atomic E-state index is 12.5. The molecule has 1 aromatic heterocycles. The number of hydrogen-bond acceptors (Lipinski definition) is 4. The van der Waals surface area contributed by atoms with Gasteiger partial charge in [-0.05, 0) is 41.6 Å². The SMILES string of the molecule is COc1cccc(CN2C(=O)CCSC2c2sccc2C)c1. The average molecular weight is 333 g/mol. The average Bonchev–Trinajstić information content (AvgIpc) is 2.95. The van der Waals surface area contributed by atoms with E-state index in [0.717, 1.165) is 17.1 Å². The van der Waals surface area contributed by atoms with Crippen LogP contribution in [-0.2, 0) is 11.3 Å². The Kier molecular flexibility index (Phi) is 4.74. The highest BCUT2D eigenvalue weighted by atomic mass is 32.2. The zero-order valence-corrected chi connectivity index (χ0v) is 14.4. The molecule has 1 atom stereocenters. The van der Waals surface area contributed by atoms with Crippen molar-refractivity contribution in [1.82, 2.24) is 4.90 Å². The molecule has 1 aliphatic rings. The summed E-state index contributed by atoms with van der Waals surface area (Å²) < 4.78 is 5.28. The second kappa shape index (κ2) is 6.75. The number of nitrogens with zero attached hydrogens (tertiary/aromatic N) is 1. The molecule has 22 heavy (non-hydrogen) atoms. The third-order valence-corrected chi connectivity index (χ3v) is 6.27. The van der Waals surface area contributed by atoms with Gasteiger partial charge in [0.1, 0.15) is 11.1 Å². The van der Waals surface area contributed by atoms with Crippen molar-refractivity contribution in [2.45, 2.75) is 25.3 Å². The van der Waals surface area contributed by atoms with E-state index < -0.39 is 0 Å². The summed E-state index contributed by atoms with van der Waals surface area (Å²) in [5, 5.41) is 2.24. The lowest BCUT2D eigenvalue weighted by Crippen LogP contribution is -2.36. The lowest BCUT2D eigenvalue weighted by atomic mass is 10.1. The van der Waals surface area contributed by atoms with E-state index in [4.69, 9.17) is 4.74 Å². The van der Waals surface area contributed by atoms with Crippen molar-refractivity contribution in [3.05, 3.63) is 51.7 Å². The summed E-state index contributed by atoms with van der Waals surface area (Å²) in [5.74, 6) is 1.97. The molecule has 1 saturated heterocycles. The molecular formula is C17H19NO2S2. The first-order valence-corrected chi connectivity index (χ1v) is 9.20. The number of carbonyl (C=O) groups excluding carboxylic acids is 1. The minimum Gasteiger partial charge on any atom is -0.497 e. The third-order valence-electron chi connectivity index (χ3n) is 3.81. The fraction of sp³-hybridized carbons (Fsp3) is 0.353. The number of amides is 1. The summed E-state index contributed by atoms with van der Waals surface area (Å²) in [6.07, 6.45) is 0.621. The fourth-order valence-corrected chi connectivity index (χ4v) is 5.13. The Labute approximate surface area is 139 Å². The molecule has 1 amide bonds. The van der Waals surface area contributed by atoms with E-state index in [-0.39, 0.29) is 11.3 Å². The first-order valence-electron chi connectivity index (χ1n) is 7.27. The standard InChI is InChI=1S/C17H19NO2S2/c1-12-6-8-21-16(12)17-18(15(19)7-9-22-17)11-13-4-3-5-14(10-13)20-2/h3-6,8,10,17H,7,9,11H2,1-2H3. The molecule has 0 spiro atoms. The van der Waals surface area contributed by atoms with Gasteiger partial charge in [0.25, 0.3) is 0 Å². The zero-order chi connectivity index (χ0) is 15.5. The van der Waals surface area contributed by atoms with Crippen molar-refractivity contribution in [1.29, 1.82) is 0 Å². The van der Waals surface area contributed by atoms with Crippen molar-refractivity contribution < 1.29 is 9.53 Å². The van der Waals surface area contributed by atoms with Gasteiger partial charge in [0.15, 0.2) is 0 Å². The molecule has 3 nitrogen and oxygen atoms in total. The number of thioether (sulfide) groups is 1. The topological polar surface area (TPSA) is 29.5 Å². The number of hydrogen-bond donors (Lipinski definition) is 0. The Morgan fingerprint density at radius 1 is 1.36 bits per heavy atom. The Hall–Kier alpha value is -1.46. The Balaban J connectivity index is 1.87. The number of benzene rings is 1. The second-order valence-corrected chi connectivity index (χ2v) is 7.45. The van der Waals surface area contributed by atoms with Gasteiger partial charge in [-0.1, -0.05) is 12.1 Å². The molecule has 5 heteroatoms. The van der Waals surface area contributed by atoms with Gasteiger partial charge < -0.3 is 9.64 Å². The highest BCUT2D eigenvalue weighted by Gasteiger charge is 2.31. The molecule has 116 valence electrons. The molecule has 1 aromatic carbocycles. The summed E-state index contributed by atoms with van der Waals surface area (Å²) in [6.45, 7) is 2.75. The largest absolute Gasteiger partial charge is 0.497 e. The molecule has 0 N–H and O–H groups in total. The number of carbonyl (C=O) groups is 1. The van der Waals surface area contributed by atoms with Gasteiger partial charge in [0.05, 0.1) is 7.11 Å². The van der Waals surface area contributed by atoms with E-state index >= 15 is 0 Å². The lowest BCUT2D eigenvalue weighted by molar-refractivity contribution is -0.132. The summed E-state index contributed by atoms with van der Waals surface area (Å²) in [4.78, 5) is 15.8. The summed E-state index contributed by atoms with van der Waals surface area (Å²) >= 11 is 3.60. The van der Waals surface area contributed by atoms with Gasteiger partial charge in [-0.2, -0.15) is 0 Å². The van der Waals surface area contributed by atoms with E-state index in [1.165, 1.54) is 10.4 Å². The molecule has 0 aliphatic carbocycles. The first kappa shape index (κ1) is 15.4. The van der Waals surface area contributed by atoms with Crippen molar-refractivity contribution in [3.8, 4) is 5.75 Å². The predicted octanol–water partition coefficient (Wildman–Crippen LogP) is 4.23. The lowest BCUT2D eigenvalue weighted by Gasteiger charge is -2.35. The van der Waals surface area contributed by atoms with Crippen LogP contribution in [0.1, 0.15) is 27.8 Å². The molecule has 0 saturated carbocycles. The van der Waals surface area contributed by atoms with Gasteiger partial charge in [-0.25, -0.2) is 0 Å². The molecular weight excluding hydrogens is 314 g/mol.